The number of β-amino-alcohol motifs (C(OH)–C–C–N with tert-alkyl or cyclic N) is 1. The van der Waals surface area contributed by atoms with E-state index in [9.17, 15) is 9.90 Å². The van der Waals surface area contributed by atoms with Crippen LogP contribution in [0.4, 0.5) is 0 Å². The minimum atomic E-state index is -0.353. The zero-order valence-electron chi connectivity index (χ0n) is 12.1. The number of carbonyl (C=O) groups excluding carboxylic acids is 1. The third-order valence-corrected chi connectivity index (χ3v) is 3.65. The van der Waals surface area contributed by atoms with Gasteiger partial charge in [-0.25, -0.2) is 0 Å². The van der Waals surface area contributed by atoms with Crippen LogP contribution in [0, 0.1) is 0 Å². The molecule has 0 aromatic carbocycles. The van der Waals surface area contributed by atoms with Gasteiger partial charge < -0.3 is 20.5 Å². The number of hydrogen-bond acceptors (Lipinski definition) is 5. The molecule has 3 N–H and O–H groups in total. The molecule has 116 valence electrons. The molecule has 2 aliphatic rings. The maximum atomic E-state index is 11.4. The van der Waals surface area contributed by atoms with Gasteiger partial charge in [0.25, 0.3) is 0 Å². The molecular weight excluding hydrogens is 258 g/mol. The van der Waals surface area contributed by atoms with E-state index in [0.29, 0.717) is 25.6 Å². The van der Waals surface area contributed by atoms with Crippen molar-refractivity contribution in [3.63, 3.8) is 0 Å². The Bertz CT molecular complexity index is 291. The van der Waals surface area contributed by atoms with Gasteiger partial charge in [-0.05, 0) is 25.8 Å². The zero-order valence-corrected chi connectivity index (χ0v) is 12.1. The topological polar surface area (TPSA) is 73.8 Å². The smallest absolute Gasteiger partial charge is 0.220 e. The number of aliphatic hydroxyl groups excluding tert-OH is 1. The molecule has 2 rings (SSSR count). The summed E-state index contributed by atoms with van der Waals surface area (Å²) < 4.78 is 5.27. The van der Waals surface area contributed by atoms with Crippen molar-refractivity contribution in [3.05, 3.63) is 0 Å². The summed E-state index contributed by atoms with van der Waals surface area (Å²) in [5.74, 6) is 0.156. The Morgan fingerprint density at radius 1 is 1.35 bits per heavy atom. The van der Waals surface area contributed by atoms with Crippen LogP contribution in [0.25, 0.3) is 0 Å². The van der Waals surface area contributed by atoms with E-state index in [1.807, 2.05) is 0 Å². The van der Waals surface area contributed by atoms with Crippen LogP contribution in [-0.4, -0.2) is 74.0 Å². The van der Waals surface area contributed by atoms with Crippen LogP contribution >= 0.6 is 0 Å². The van der Waals surface area contributed by atoms with Crippen molar-refractivity contribution < 1.29 is 14.6 Å². The quantitative estimate of drug-likeness (QED) is 0.490. The number of rotatable bonds is 9. The molecule has 0 aromatic heterocycles. The summed E-state index contributed by atoms with van der Waals surface area (Å²) >= 11 is 0. The van der Waals surface area contributed by atoms with Gasteiger partial charge >= 0.3 is 0 Å². The maximum absolute atomic E-state index is 11.4. The molecule has 1 aliphatic heterocycles. The van der Waals surface area contributed by atoms with E-state index in [2.05, 4.69) is 15.5 Å². The summed E-state index contributed by atoms with van der Waals surface area (Å²) in [6, 6.07) is 0.450. The minimum Gasteiger partial charge on any atom is -0.390 e. The van der Waals surface area contributed by atoms with E-state index < -0.39 is 0 Å². The summed E-state index contributed by atoms with van der Waals surface area (Å²) in [7, 11) is 0. The second-order valence-electron chi connectivity index (χ2n) is 5.72. The first-order valence-electron chi connectivity index (χ1n) is 7.72. The fourth-order valence-electron chi connectivity index (χ4n) is 2.32. The first-order valence-corrected chi connectivity index (χ1v) is 7.72. The van der Waals surface area contributed by atoms with E-state index in [4.69, 9.17) is 4.74 Å². The normalized spacial score (nSPS) is 21.6. The van der Waals surface area contributed by atoms with Crippen LogP contribution in [-0.2, 0) is 9.53 Å². The summed E-state index contributed by atoms with van der Waals surface area (Å²) in [5, 5.41) is 16.1. The number of amides is 1. The van der Waals surface area contributed by atoms with E-state index in [1.165, 1.54) is 0 Å². The van der Waals surface area contributed by atoms with Crippen LogP contribution in [0.3, 0.4) is 0 Å². The number of morpholine rings is 1. The molecule has 0 spiro atoms. The zero-order chi connectivity index (χ0) is 14.2. The summed E-state index contributed by atoms with van der Waals surface area (Å²) in [4.78, 5) is 13.7. The van der Waals surface area contributed by atoms with Crippen molar-refractivity contribution in [1.29, 1.82) is 0 Å². The molecule has 1 amide bonds. The molecule has 2 fully saturated rings. The van der Waals surface area contributed by atoms with Crippen molar-refractivity contribution in [1.82, 2.24) is 15.5 Å². The summed E-state index contributed by atoms with van der Waals surface area (Å²) in [6.07, 6.45) is 3.31. The second kappa shape index (κ2) is 8.56. The van der Waals surface area contributed by atoms with Gasteiger partial charge in [-0.2, -0.15) is 0 Å². The Morgan fingerprint density at radius 3 is 2.80 bits per heavy atom. The highest BCUT2D eigenvalue weighted by Gasteiger charge is 2.22. The average molecular weight is 285 g/mol. The molecule has 20 heavy (non-hydrogen) atoms. The molecule has 1 saturated carbocycles. The lowest BCUT2D eigenvalue weighted by molar-refractivity contribution is -0.121. The Morgan fingerprint density at radius 2 is 2.10 bits per heavy atom. The van der Waals surface area contributed by atoms with Crippen molar-refractivity contribution in [3.8, 4) is 0 Å². The molecule has 1 aliphatic carbocycles. The van der Waals surface area contributed by atoms with Crippen LogP contribution in [0.5, 0.6) is 0 Å². The molecule has 0 radical (unpaired) electrons. The van der Waals surface area contributed by atoms with E-state index >= 15 is 0 Å². The highest BCUT2D eigenvalue weighted by atomic mass is 16.5. The third-order valence-electron chi connectivity index (χ3n) is 3.65. The highest BCUT2D eigenvalue weighted by Crippen LogP contribution is 2.18. The van der Waals surface area contributed by atoms with Crippen LogP contribution in [0.2, 0.25) is 0 Å². The number of hydrogen-bond donors (Lipinski definition) is 3. The molecule has 1 unspecified atom stereocenters. The third kappa shape index (κ3) is 6.65. The Hall–Kier alpha value is -0.690. The van der Waals surface area contributed by atoms with Crippen molar-refractivity contribution in [2.75, 3.05) is 45.9 Å². The van der Waals surface area contributed by atoms with Gasteiger partial charge in [-0.3, -0.25) is 9.69 Å². The number of ether oxygens (including phenoxy) is 1. The molecule has 1 atom stereocenters. The minimum absolute atomic E-state index is 0.156. The SMILES string of the molecule is O=C(CCCNCC(O)CN1CCOCC1)NC1CC1. The lowest BCUT2D eigenvalue weighted by Gasteiger charge is -2.28. The van der Waals surface area contributed by atoms with Crippen molar-refractivity contribution >= 4 is 5.91 Å². The Labute approximate surface area is 120 Å². The number of aliphatic hydroxyl groups is 1. The molecule has 6 nitrogen and oxygen atoms in total. The van der Waals surface area contributed by atoms with Gasteiger partial charge in [0.1, 0.15) is 0 Å². The predicted molar refractivity (Wildman–Crippen MR) is 76.5 cm³/mol. The highest BCUT2D eigenvalue weighted by molar-refractivity contribution is 5.76. The van der Waals surface area contributed by atoms with E-state index in [-0.39, 0.29) is 12.0 Å². The Kier molecular flexibility index (Phi) is 6.72. The predicted octanol–water partition coefficient (Wildman–Crippen LogP) is -0.672. The fraction of sp³-hybridized carbons (Fsp3) is 0.929. The van der Waals surface area contributed by atoms with Crippen molar-refractivity contribution in [2.24, 2.45) is 0 Å². The summed E-state index contributed by atoms with van der Waals surface area (Å²) in [6.45, 7) is 5.38. The standard InChI is InChI=1S/C14H27N3O3/c18-13(11-17-6-8-20-9-7-17)10-15-5-1-2-14(19)16-12-3-4-12/h12-13,15,18H,1-11H2,(H,16,19). The second-order valence-corrected chi connectivity index (χ2v) is 5.72. The number of nitrogens with one attached hydrogen (secondary N) is 2. The van der Waals surface area contributed by atoms with Gasteiger partial charge in [0.05, 0.1) is 19.3 Å². The van der Waals surface area contributed by atoms with Gasteiger partial charge in [0.15, 0.2) is 0 Å². The van der Waals surface area contributed by atoms with Crippen LogP contribution in [0.15, 0.2) is 0 Å². The Balaban J connectivity index is 1.42. The van der Waals surface area contributed by atoms with Crippen LogP contribution < -0.4 is 10.6 Å². The lowest BCUT2D eigenvalue weighted by Crippen LogP contribution is -2.43. The summed E-state index contributed by atoms with van der Waals surface area (Å²) in [5.41, 5.74) is 0. The number of nitrogens with zero attached hydrogens (tertiary/aromatic N) is 1. The largest absolute Gasteiger partial charge is 0.390 e. The monoisotopic (exact) mass is 285 g/mol. The van der Waals surface area contributed by atoms with Gasteiger partial charge in [-0.15, -0.1) is 0 Å². The first kappa shape index (κ1) is 15.7. The molecule has 1 heterocycles. The van der Waals surface area contributed by atoms with Crippen molar-refractivity contribution in [2.45, 2.75) is 37.8 Å². The molecule has 0 bridgehead atoms. The molecule has 6 heteroatoms. The van der Waals surface area contributed by atoms with E-state index in [0.717, 1.165) is 52.1 Å². The maximum Gasteiger partial charge on any atom is 0.220 e. The number of carbonyl (C=O) groups is 1. The average Bonchev–Trinajstić information content (AvgIpc) is 3.23. The van der Waals surface area contributed by atoms with Gasteiger partial charge in [0.2, 0.25) is 5.91 Å². The van der Waals surface area contributed by atoms with Gasteiger partial charge in [-0.1, -0.05) is 0 Å². The lowest BCUT2D eigenvalue weighted by atomic mass is 10.2. The fourth-order valence-corrected chi connectivity index (χ4v) is 2.32. The van der Waals surface area contributed by atoms with Gasteiger partial charge in [0, 0.05) is 38.6 Å². The first-order chi connectivity index (χ1) is 9.74. The molecule has 0 aromatic rings. The molecular formula is C14H27N3O3. The van der Waals surface area contributed by atoms with Crippen LogP contribution in [0.1, 0.15) is 25.7 Å². The molecule has 1 saturated heterocycles. The van der Waals surface area contributed by atoms with E-state index in [1.54, 1.807) is 0 Å².